The average Bonchev–Trinajstić information content (AvgIpc) is 3.17. The number of rotatable bonds is 5. The number of Topliss-reactive ketones (excluding diaryl/α,β-unsaturated/α-hetero) is 1. The van der Waals surface area contributed by atoms with Gasteiger partial charge < -0.3 is 9.84 Å². The van der Waals surface area contributed by atoms with Gasteiger partial charge in [0.25, 0.3) is 11.7 Å². The largest absolute Gasteiger partial charge is 0.507 e. The predicted molar refractivity (Wildman–Crippen MR) is 138 cm³/mol. The number of aliphatic hydroxyl groups excluding tert-OH is 1. The third-order valence-electron chi connectivity index (χ3n) is 6.52. The number of fused-ring (bicyclic) bond motifs is 1. The number of ketones is 1. The highest BCUT2D eigenvalue weighted by atomic mass is 16.5. The Balaban J connectivity index is 1.74. The van der Waals surface area contributed by atoms with Crippen molar-refractivity contribution in [3.05, 3.63) is 113 Å². The molecule has 0 radical (unpaired) electrons. The van der Waals surface area contributed by atoms with Crippen LogP contribution in [0.2, 0.25) is 0 Å². The standard InChI is InChI=1S/C30H25NO4/c1-3-19-12-16-23(17-13-19)31-27(24-10-6-7-11-25(24)35-2)26(29(33)30(31)34)28(32)22-15-14-20-8-4-5-9-21(20)18-22/h4-18,27,32H,3H2,1-2H3/b28-26+. The van der Waals surface area contributed by atoms with Crippen LogP contribution in [0.1, 0.15) is 29.7 Å². The van der Waals surface area contributed by atoms with Crippen molar-refractivity contribution in [1.29, 1.82) is 0 Å². The van der Waals surface area contributed by atoms with Crippen LogP contribution in [0.5, 0.6) is 5.75 Å². The number of nitrogens with zero attached hydrogens (tertiary/aromatic N) is 1. The zero-order chi connectivity index (χ0) is 24.5. The van der Waals surface area contributed by atoms with E-state index in [0.717, 1.165) is 22.8 Å². The molecule has 1 amide bonds. The van der Waals surface area contributed by atoms with E-state index in [0.29, 0.717) is 22.6 Å². The fourth-order valence-corrected chi connectivity index (χ4v) is 4.67. The van der Waals surface area contributed by atoms with Crippen LogP contribution in [-0.2, 0) is 16.0 Å². The molecule has 0 bridgehead atoms. The van der Waals surface area contributed by atoms with Crippen LogP contribution in [0.4, 0.5) is 5.69 Å². The van der Waals surface area contributed by atoms with Crippen molar-refractivity contribution in [1.82, 2.24) is 0 Å². The van der Waals surface area contributed by atoms with Crippen LogP contribution in [0.15, 0.2) is 96.6 Å². The van der Waals surface area contributed by atoms with Gasteiger partial charge in [0.15, 0.2) is 0 Å². The topological polar surface area (TPSA) is 66.8 Å². The van der Waals surface area contributed by atoms with Gasteiger partial charge in [-0.1, -0.05) is 73.7 Å². The van der Waals surface area contributed by atoms with E-state index in [-0.39, 0.29) is 11.3 Å². The summed E-state index contributed by atoms with van der Waals surface area (Å²) in [5.74, 6) is -1.10. The average molecular weight is 464 g/mol. The first kappa shape index (κ1) is 22.4. The highest BCUT2D eigenvalue weighted by Gasteiger charge is 2.47. The molecule has 0 aliphatic carbocycles. The smallest absolute Gasteiger partial charge is 0.300 e. The van der Waals surface area contributed by atoms with Crippen LogP contribution in [0.25, 0.3) is 16.5 Å². The first-order chi connectivity index (χ1) is 17.0. The van der Waals surface area contributed by atoms with Crippen molar-refractivity contribution in [3.8, 4) is 5.75 Å². The van der Waals surface area contributed by atoms with Gasteiger partial charge in [-0.3, -0.25) is 14.5 Å². The number of carbonyl (C=O) groups is 2. The Bertz CT molecular complexity index is 1470. The number of methoxy groups -OCH3 is 1. The van der Waals surface area contributed by atoms with Crippen molar-refractivity contribution in [2.45, 2.75) is 19.4 Å². The molecule has 1 atom stereocenters. The SMILES string of the molecule is CCc1ccc(N2C(=O)C(=O)/C(=C(/O)c3ccc4ccccc4c3)C2c2ccccc2OC)cc1. The normalized spacial score (nSPS) is 17.2. The van der Waals surface area contributed by atoms with Crippen molar-refractivity contribution < 1.29 is 19.4 Å². The fourth-order valence-electron chi connectivity index (χ4n) is 4.67. The molecule has 1 unspecified atom stereocenters. The minimum Gasteiger partial charge on any atom is -0.507 e. The summed E-state index contributed by atoms with van der Waals surface area (Å²) in [6, 6.07) is 27.2. The Morgan fingerprint density at radius 3 is 2.29 bits per heavy atom. The van der Waals surface area contributed by atoms with Crippen LogP contribution in [-0.4, -0.2) is 23.9 Å². The van der Waals surface area contributed by atoms with E-state index in [2.05, 4.69) is 6.92 Å². The zero-order valence-electron chi connectivity index (χ0n) is 19.6. The van der Waals surface area contributed by atoms with Gasteiger partial charge in [-0.05, 0) is 47.0 Å². The molecule has 0 spiro atoms. The van der Waals surface area contributed by atoms with Crippen LogP contribution >= 0.6 is 0 Å². The third kappa shape index (κ3) is 3.85. The molecule has 1 saturated heterocycles. The maximum atomic E-state index is 13.4. The highest BCUT2D eigenvalue weighted by molar-refractivity contribution is 6.51. The van der Waals surface area contributed by atoms with Crippen molar-refractivity contribution >= 4 is 33.9 Å². The summed E-state index contributed by atoms with van der Waals surface area (Å²) in [5.41, 5.74) is 2.83. The lowest BCUT2D eigenvalue weighted by atomic mass is 9.93. The van der Waals surface area contributed by atoms with E-state index in [1.807, 2.05) is 78.9 Å². The van der Waals surface area contributed by atoms with Crippen molar-refractivity contribution in [2.24, 2.45) is 0 Å². The second-order valence-electron chi connectivity index (χ2n) is 8.49. The highest BCUT2D eigenvalue weighted by Crippen LogP contribution is 2.45. The van der Waals surface area contributed by atoms with Gasteiger partial charge in [0.05, 0.1) is 18.7 Å². The Morgan fingerprint density at radius 2 is 1.57 bits per heavy atom. The third-order valence-corrected chi connectivity index (χ3v) is 6.52. The van der Waals surface area contributed by atoms with Gasteiger partial charge in [-0.15, -0.1) is 0 Å². The zero-order valence-corrected chi connectivity index (χ0v) is 19.6. The minimum atomic E-state index is -0.843. The number of hydrogen-bond acceptors (Lipinski definition) is 4. The second kappa shape index (κ2) is 9.11. The van der Waals surface area contributed by atoms with Crippen LogP contribution in [0, 0.1) is 0 Å². The monoisotopic (exact) mass is 463 g/mol. The van der Waals surface area contributed by atoms with E-state index < -0.39 is 17.7 Å². The van der Waals surface area contributed by atoms with E-state index >= 15 is 0 Å². The quantitative estimate of drug-likeness (QED) is 0.223. The molecule has 5 heteroatoms. The summed E-state index contributed by atoms with van der Waals surface area (Å²) in [6.45, 7) is 2.06. The summed E-state index contributed by atoms with van der Waals surface area (Å²) in [5, 5.41) is 13.4. The minimum absolute atomic E-state index is 0.0364. The van der Waals surface area contributed by atoms with Crippen molar-refractivity contribution in [2.75, 3.05) is 12.0 Å². The number of anilines is 1. The molecule has 4 aromatic rings. The Labute approximate surface area is 203 Å². The van der Waals surface area contributed by atoms with Gasteiger partial charge in [-0.2, -0.15) is 0 Å². The molecule has 1 aliphatic rings. The molecule has 174 valence electrons. The van der Waals surface area contributed by atoms with Gasteiger partial charge in [0.2, 0.25) is 0 Å². The van der Waals surface area contributed by atoms with E-state index in [4.69, 9.17) is 4.74 Å². The Morgan fingerprint density at radius 1 is 0.886 bits per heavy atom. The first-order valence-corrected chi connectivity index (χ1v) is 11.6. The van der Waals surface area contributed by atoms with Gasteiger partial charge >= 0.3 is 0 Å². The van der Waals surface area contributed by atoms with Crippen molar-refractivity contribution in [3.63, 3.8) is 0 Å². The molecule has 5 rings (SSSR count). The molecule has 0 aromatic heterocycles. The lowest BCUT2D eigenvalue weighted by molar-refractivity contribution is -0.132. The van der Waals surface area contributed by atoms with E-state index in [1.54, 1.807) is 19.2 Å². The van der Waals surface area contributed by atoms with Crippen LogP contribution in [0.3, 0.4) is 0 Å². The molecular formula is C30H25NO4. The molecule has 35 heavy (non-hydrogen) atoms. The molecule has 4 aromatic carbocycles. The molecular weight excluding hydrogens is 438 g/mol. The molecule has 0 saturated carbocycles. The number of benzene rings is 4. The lowest BCUT2D eigenvalue weighted by Crippen LogP contribution is -2.29. The Kier molecular flexibility index (Phi) is 5.83. The van der Waals surface area contributed by atoms with Gasteiger partial charge in [-0.25, -0.2) is 0 Å². The van der Waals surface area contributed by atoms with Gasteiger partial charge in [0, 0.05) is 16.8 Å². The molecule has 1 heterocycles. The molecule has 5 nitrogen and oxygen atoms in total. The molecule has 1 fully saturated rings. The summed E-state index contributed by atoms with van der Waals surface area (Å²) in [7, 11) is 1.55. The number of amides is 1. The first-order valence-electron chi connectivity index (χ1n) is 11.6. The maximum Gasteiger partial charge on any atom is 0.300 e. The number of carbonyl (C=O) groups excluding carboxylic acids is 2. The molecule has 1 aliphatic heterocycles. The summed E-state index contributed by atoms with van der Waals surface area (Å²) < 4.78 is 5.59. The number of ether oxygens (including phenoxy) is 1. The number of hydrogen-bond donors (Lipinski definition) is 1. The number of para-hydroxylation sites is 1. The van der Waals surface area contributed by atoms with E-state index in [9.17, 15) is 14.7 Å². The number of aliphatic hydroxyl groups is 1. The fraction of sp³-hybridized carbons (Fsp3) is 0.133. The van der Waals surface area contributed by atoms with E-state index in [1.165, 1.54) is 4.90 Å². The molecule has 1 N–H and O–H groups in total. The van der Waals surface area contributed by atoms with Crippen LogP contribution < -0.4 is 9.64 Å². The summed E-state index contributed by atoms with van der Waals surface area (Å²) in [4.78, 5) is 28.3. The predicted octanol–water partition coefficient (Wildman–Crippen LogP) is 6.04. The lowest BCUT2D eigenvalue weighted by Gasteiger charge is -2.26. The Hall–Kier alpha value is -4.38. The second-order valence-corrected chi connectivity index (χ2v) is 8.49. The summed E-state index contributed by atoms with van der Waals surface area (Å²) >= 11 is 0. The summed E-state index contributed by atoms with van der Waals surface area (Å²) in [6.07, 6.45) is 0.858. The van der Waals surface area contributed by atoms with Gasteiger partial charge in [0.1, 0.15) is 11.5 Å². The maximum absolute atomic E-state index is 13.4. The number of aryl methyl sites for hydroxylation is 1.